The minimum atomic E-state index is -0.684. The number of nitrogens with one attached hydrogen (secondary N) is 1. The van der Waals surface area contributed by atoms with Crippen molar-refractivity contribution in [1.29, 1.82) is 0 Å². The highest BCUT2D eigenvalue weighted by molar-refractivity contribution is 7.98. The number of carbonyl (C=O) groups is 2. The first-order valence-corrected chi connectivity index (χ1v) is 8.69. The number of hydrogen-bond acceptors (Lipinski definition) is 5. The molecule has 0 saturated carbocycles. The molecule has 0 aliphatic rings. The zero-order valence-electron chi connectivity index (χ0n) is 13.5. The first-order valence-electron chi connectivity index (χ1n) is 7.08. The Morgan fingerprint density at radius 1 is 1.24 bits per heavy atom. The molecular formula is C17H15ClFNO4S. The number of ether oxygens (including phenoxy) is 2. The summed E-state index contributed by atoms with van der Waals surface area (Å²) in [6.45, 7) is -0.499. The second-order valence-electron chi connectivity index (χ2n) is 4.82. The Hall–Kier alpha value is -2.25. The van der Waals surface area contributed by atoms with E-state index in [-0.39, 0.29) is 10.6 Å². The topological polar surface area (TPSA) is 64.6 Å². The Bertz CT molecular complexity index is 800. The van der Waals surface area contributed by atoms with Crippen molar-refractivity contribution >= 4 is 40.9 Å². The van der Waals surface area contributed by atoms with Crippen LogP contribution in [0.25, 0.3) is 0 Å². The lowest BCUT2D eigenvalue weighted by atomic mass is 10.2. The standard InChI is InChI=1S/C17H15ClFNO4S/c1-23-15-8-11(25-2)4-5-12(15)17(22)24-9-16(21)20-10-3-6-14(19)13(18)7-10/h3-8H,9H2,1-2H3,(H,20,21). The minimum absolute atomic E-state index is 0.117. The summed E-state index contributed by atoms with van der Waals surface area (Å²) in [6, 6.07) is 8.78. The highest BCUT2D eigenvalue weighted by Crippen LogP contribution is 2.26. The van der Waals surface area contributed by atoms with E-state index in [1.54, 1.807) is 18.2 Å². The van der Waals surface area contributed by atoms with Crippen molar-refractivity contribution in [3.63, 3.8) is 0 Å². The predicted molar refractivity (Wildman–Crippen MR) is 95.1 cm³/mol. The SMILES string of the molecule is COc1cc(SC)ccc1C(=O)OCC(=O)Nc1ccc(F)c(Cl)c1. The second-order valence-corrected chi connectivity index (χ2v) is 6.11. The molecular weight excluding hydrogens is 369 g/mol. The summed E-state index contributed by atoms with van der Waals surface area (Å²) < 4.78 is 23.2. The number of hydrogen-bond donors (Lipinski definition) is 1. The molecule has 0 atom stereocenters. The molecule has 0 heterocycles. The predicted octanol–water partition coefficient (Wildman–Crippen LogP) is 4.01. The molecule has 0 aliphatic heterocycles. The summed E-state index contributed by atoms with van der Waals surface area (Å²) in [5, 5.41) is 2.34. The maximum atomic E-state index is 13.1. The van der Waals surface area contributed by atoms with Gasteiger partial charge in [-0.05, 0) is 42.7 Å². The van der Waals surface area contributed by atoms with Crippen LogP contribution >= 0.6 is 23.4 Å². The summed E-state index contributed by atoms with van der Waals surface area (Å²) in [5.41, 5.74) is 0.521. The fourth-order valence-corrected chi connectivity index (χ4v) is 2.56. The van der Waals surface area contributed by atoms with Crippen molar-refractivity contribution in [1.82, 2.24) is 0 Å². The van der Waals surface area contributed by atoms with Gasteiger partial charge in [0.05, 0.1) is 12.1 Å². The lowest BCUT2D eigenvalue weighted by Gasteiger charge is -2.10. The van der Waals surface area contributed by atoms with E-state index in [0.29, 0.717) is 11.4 Å². The maximum Gasteiger partial charge on any atom is 0.342 e. The number of carbonyl (C=O) groups excluding carboxylic acids is 2. The third-order valence-electron chi connectivity index (χ3n) is 3.17. The summed E-state index contributed by atoms with van der Waals surface area (Å²) >= 11 is 7.14. The van der Waals surface area contributed by atoms with Crippen LogP contribution in [0.4, 0.5) is 10.1 Å². The molecule has 0 bridgehead atoms. The number of esters is 1. The van der Waals surface area contributed by atoms with Crippen LogP contribution in [-0.4, -0.2) is 31.8 Å². The molecule has 1 N–H and O–H groups in total. The maximum absolute atomic E-state index is 13.1. The first kappa shape index (κ1) is 19.1. The lowest BCUT2D eigenvalue weighted by Crippen LogP contribution is -2.21. The minimum Gasteiger partial charge on any atom is -0.496 e. The summed E-state index contributed by atoms with van der Waals surface area (Å²) in [4.78, 5) is 24.9. The van der Waals surface area contributed by atoms with E-state index in [0.717, 1.165) is 11.0 Å². The zero-order chi connectivity index (χ0) is 18.4. The van der Waals surface area contributed by atoms with E-state index in [1.807, 2.05) is 6.26 Å². The normalized spacial score (nSPS) is 10.2. The van der Waals surface area contributed by atoms with Crippen molar-refractivity contribution in [3.8, 4) is 5.75 Å². The Kier molecular flexibility index (Phi) is 6.66. The molecule has 2 aromatic rings. The number of anilines is 1. The molecule has 5 nitrogen and oxygen atoms in total. The average Bonchev–Trinajstić information content (AvgIpc) is 2.62. The van der Waals surface area contributed by atoms with E-state index in [9.17, 15) is 14.0 Å². The molecule has 0 saturated heterocycles. The van der Waals surface area contributed by atoms with Crippen molar-refractivity contribution in [3.05, 3.63) is 52.8 Å². The van der Waals surface area contributed by atoms with Gasteiger partial charge in [0, 0.05) is 10.6 Å². The summed E-state index contributed by atoms with van der Waals surface area (Å²) in [6.07, 6.45) is 1.90. The van der Waals surface area contributed by atoms with Crippen LogP contribution in [0.3, 0.4) is 0 Å². The number of rotatable bonds is 6. The summed E-state index contributed by atoms with van der Waals surface area (Å²) in [5.74, 6) is -1.48. The molecule has 0 aromatic heterocycles. The number of benzene rings is 2. The van der Waals surface area contributed by atoms with Crippen LogP contribution in [0.15, 0.2) is 41.3 Å². The molecule has 2 rings (SSSR count). The summed E-state index contributed by atoms with van der Waals surface area (Å²) in [7, 11) is 1.45. The third-order valence-corrected chi connectivity index (χ3v) is 4.18. The van der Waals surface area contributed by atoms with E-state index in [4.69, 9.17) is 21.1 Å². The first-order chi connectivity index (χ1) is 11.9. The van der Waals surface area contributed by atoms with Crippen molar-refractivity contribution in [2.24, 2.45) is 0 Å². The van der Waals surface area contributed by atoms with Crippen LogP contribution in [0, 0.1) is 5.82 Å². The van der Waals surface area contributed by atoms with Crippen LogP contribution in [-0.2, 0) is 9.53 Å². The van der Waals surface area contributed by atoms with Gasteiger partial charge in [0.15, 0.2) is 6.61 Å². The van der Waals surface area contributed by atoms with Crippen molar-refractivity contribution in [2.45, 2.75) is 4.90 Å². The number of thioether (sulfide) groups is 1. The van der Waals surface area contributed by atoms with Gasteiger partial charge in [-0.1, -0.05) is 11.6 Å². The van der Waals surface area contributed by atoms with Gasteiger partial charge in [0.2, 0.25) is 0 Å². The number of amides is 1. The molecule has 0 fully saturated rings. The number of halogens is 2. The van der Waals surface area contributed by atoms with E-state index < -0.39 is 24.3 Å². The largest absolute Gasteiger partial charge is 0.496 e. The van der Waals surface area contributed by atoms with Crippen LogP contribution < -0.4 is 10.1 Å². The third kappa shape index (κ3) is 5.11. The molecule has 1 amide bonds. The molecule has 8 heteroatoms. The fraction of sp³-hybridized carbons (Fsp3) is 0.176. The smallest absolute Gasteiger partial charge is 0.342 e. The second kappa shape index (κ2) is 8.73. The monoisotopic (exact) mass is 383 g/mol. The van der Waals surface area contributed by atoms with E-state index in [1.165, 1.54) is 31.0 Å². The Morgan fingerprint density at radius 2 is 2.00 bits per heavy atom. The Balaban J connectivity index is 1.97. The molecule has 2 aromatic carbocycles. The van der Waals surface area contributed by atoms with E-state index in [2.05, 4.69) is 5.32 Å². The van der Waals surface area contributed by atoms with E-state index >= 15 is 0 Å². The van der Waals surface area contributed by atoms with Crippen LogP contribution in [0.1, 0.15) is 10.4 Å². The van der Waals surface area contributed by atoms with Gasteiger partial charge < -0.3 is 14.8 Å². The quantitative estimate of drug-likeness (QED) is 0.603. The van der Waals surface area contributed by atoms with Gasteiger partial charge in [-0.3, -0.25) is 4.79 Å². The molecule has 0 unspecified atom stereocenters. The van der Waals surface area contributed by atoms with Gasteiger partial charge in [-0.2, -0.15) is 0 Å². The lowest BCUT2D eigenvalue weighted by molar-refractivity contribution is -0.119. The number of methoxy groups -OCH3 is 1. The molecule has 0 spiro atoms. The van der Waals surface area contributed by atoms with Crippen molar-refractivity contribution in [2.75, 3.05) is 25.3 Å². The van der Waals surface area contributed by atoms with Crippen LogP contribution in [0.2, 0.25) is 5.02 Å². The molecule has 132 valence electrons. The average molecular weight is 384 g/mol. The highest BCUT2D eigenvalue weighted by Gasteiger charge is 2.16. The molecule has 0 aliphatic carbocycles. The van der Waals surface area contributed by atoms with Gasteiger partial charge in [0.1, 0.15) is 17.1 Å². The Morgan fingerprint density at radius 3 is 2.64 bits per heavy atom. The van der Waals surface area contributed by atoms with Crippen molar-refractivity contribution < 1.29 is 23.5 Å². The molecule has 0 radical (unpaired) electrons. The Labute approximate surface area is 153 Å². The van der Waals surface area contributed by atoms with Gasteiger partial charge in [0.25, 0.3) is 5.91 Å². The zero-order valence-corrected chi connectivity index (χ0v) is 15.0. The fourth-order valence-electron chi connectivity index (χ4n) is 1.95. The van der Waals surface area contributed by atoms with Gasteiger partial charge in [-0.25, -0.2) is 9.18 Å². The van der Waals surface area contributed by atoms with Crippen LogP contribution in [0.5, 0.6) is 5.75 Å². The molecule has 25 heavy (non-hydrogen) atoms. The van der Waals surface area contributed by atoms with Gasteiger partial charge >= 0.3 is 5.97 Å². The van der Waals surface area contributed by atoms with Gasteiger partial charge in [-0.15, -0.1) is 11.8 Å². The highest BCUT2D eigenvalue weighted by atomic mass is 35.5.